The van der Waals surface area contributed by atoms with Crippen molar-refractivity contribution in [1.29, 1.82) is 0 Å². The van der Waals surface area contributed by atoms with Gasteiger partial charge in [-0.05, 0) is 12.0 Å². The standard InChI is InChI=1S/C11H11BrO2/c1-8(11(13)14)10(12)7-9-5-3-2-4-6-9/h2-6,10H,1,7H2,(H,13,14). The summed E-state index contributed by atoms with van der Waals surface area (Å²) in [6.45, 7) is 3.50. The van der Waals surface area contributed by atoms with Gasteiger partial charge in [-0.25, -0.2) is 4.79 Å². The molecule has 2 nitrogen and oxygen atoms in total. The Morgan fingerprint density at radius 3 is 2.50 bits per heavy atom. The first-order chi connectivity index (χ1) is 6.61. The molecule has 0 aliphatic rings. The summed E-state index contributed by atoms with van der Waals surface area (Å²) in [6, 6.07) is 9.71. The molecular formula is C11H11BrO2. The number of hydrogen-bond donors (Lipinski definition) is 1. The van der Waals surface area contributed by atoms with Crippen LogP contribution in [0, 0.1) is 0 Å². The molecule has 1 aromatic rings. The fraction of sp³-hybridized carbons (Fsp3) is 0.182. The average Bonchev–Trinajstić information content (AvgIpc) is 2.18. The zero-order valence-electron chi connectivity index (χ0n) is 7.61. The van der Waals surface area contributed by atoms with Gasteiger partial charge < -0.3 is 5.11 Å². The minimum atomic E-state index is -0.956. The summed E-state index contributed by atoms with van der Waals surface area (Å²) in [5.41, 5.74) is 1.28. The van der Waals surface area contributed by atoms with Crippen LogP contribution in [0.1, 0.15) is 5.56 Å². The van der Waals surface area contributed by atoms with Gasteiger partial charge in [0.25, 0.3) is 0 Å². The van der Waals surface area contributed by atoms with Gasteiger partial charge in [-0.1, -0.05) is 52.8 Å². The van der Waals surface area contributed by atoms with Crippen molar-refractivity contribution in [2.45, 2.75) is 11.2 Å². The van der Waals surface area contributed by atoms with Crippen LogP contribution >= 0.6 is 15.9 Å². The molecule has 0 aliphatic heterocycles. The molecule has 1 N–H and O–H groups in total. The Kier molecular flexibility index (Phi) is 3.89. The van der Waals surface area contributed by atoms with Crippen molar-refractivity contribution < 1.29 is 9.90 Å². The zero-order valence-corrected chi connectivity index (χ0v) is 9.20. The molecule has 0 saturated carbocycles. The van der Waals surface area contributed by atoms with E-state index in [1.54, 1.807) is 0 Å². The van der Waals surface area contributed by atoms with Crippen molar-refractivity contribution in [1.82, 2.24) is 0 Å². The number of hydrogen-bond acceptors (Lipinski definition) is 1. The Hall–Kier alpha value is -1.09. The van der Waals surface area contributed by atoms with Crippen molar-refractivity contribution >= 4 is 21.9 Å². The minimum absolute atomic E-state index is 0.189. The van der Waals surface area contributed by atoms with Crippen LogP contribution in [0.5, 0.6) is 0 Å². The molecule has 0 fully saturated rings. The van der Waals surface area contributed by atoms with Crippen LogP contribution < -0.4 is 0 Å². The predicted molar refractivity (Wildman–Crippen MR) is 59.6 cm³/mol. The second-order valence-electron chi connectivity index (χ2n) is 2.99. The Labute approximate surface area is 91.4 Å². The van der Waals surface area contributed by atoms with Crippen molar-refractivity contribution in [3.8, 4) is 0 Å². The lowest BCUT2D eigenvalue weighted by molar-refractivity contribution is -0.132. The fourth-order valence-electron chi connectivity index (χ4n) is 1.08. The van der Waals surface area contributed by atoms with Crippen LogP contribution in [0.15, 0.2) is 42.5 Å². The van der Waals surface area contributed by atoms with Gasteiger partial charge in [-0.15, -0.1) is 0 Å². The fourth-order valence-corrected chi connectivity index (χ4v) is 1.65. The van der Waals surface area contributed by atoms with E-state index < -0.39 is 5.97 Å². The van der Waals surface area contributed by atoms with Crippen LogP contribution in [0.4, 0.5) is 0 Å². The monoisotopic (exact) mass is 254 g/mol. The van der Waals surface area contributed by atoms with Gasteiger partial charge in [0, 0.05) is 5.57 Å². The molecule has 0 saturated heterocycles. The summed E-state index contributed by atoms with van der Waals surface area (Å²) in [4.78, 5) is 10.4. The predicted octanol–water partition coefficient (Wildman–Crippen LogP) is 2.63. The van der Waals surface area contributed by atoms with Gasteiger partial charge in [0.05, 0.1) is 4.83 Å². The lowest BCUT2D eigenvalue weighted by Gasteiger charge is -2.08. The van der Waals surface area contributed by atoms with Crippen LogP contribution in [0.2, 0.25) is 0 Å². The van der Waals surface area contributed by atoms with Crippen molar-refractivity contribution in [3.63, 3.8) is 0 Å². The third kappa shape index (κ3) is 3.00. The molecular weight excluding hydrogens is 244 g/mol. The Bertz CT molecular complexity index is 332. The Balaban J connectivity index is 2.62. The molecule has 0 aliphatic carbocycles. The lowest BCUT2D eigenvalue weighted by Crippen LogP contribution is -2.13. The van der Waals surface area contributed by atoms with E-state index in [0.29, 0.717) is 6.42 Å². The second kappa shape index (κ2) is 4.96. The van der Waals surface area contributed by atoms with E-state index >= 15 is 0 Å². The van der Waals surface area contributed by atoms with Crippen LogP contribution in [-0.2, 0) is 11.2 Å². The topological polar surface area (TPSA) is 37.3 Å². The maximum absolute atomic E-state index is 10.6. The van der Waals surface area contributed by atoms with E-state index in [0.717, 1.165) is 5.56 Å². The van der Waals surface area contributed by atoms with Gasteiger partial charge in [0.15, 0.2) is 0 Å². The highest BCUT2D eigenvalue weighted by molar-refractivity contribution is 9.09. The molecule has 0 heterocycles. The van der Waals surface area contributed by atoms with Crippen LogP contribution in [0.25, 0.3) is 0 Å². The van der Waals surface area contributed by atoms with Crippen LogP contribution in [0.3, 0.4) is 0 Å². The van der Waals surface area contributed by atoms with Gasteiger partial charge in [0.2, 0.25) is 0 Å². The van der Waals surface area contributed by atoms with Gasteiger partial charge in [-0.2, -0.15) is 0 Å². The van der Waals surface area contributed by atoms with E-state index in [2.05, 4.69) is 22.5 Å². The maximum atomic E-state index is 10.6. The molecule has 0 bridgehead atoms. The smallest absolute Gasteiger partial charge is 0.332 e. The molecule has 1 aromatic carbocycles. The highest BCUT2D eigenvalue weighted by Crippen LogP contribution is 2.16. The van der Waals surface area contributed by atoms with Gasteiger partial charge in [-0.3, -0.25) is 0 Å². The quantitative estimate of drug-likeness (QED) is 0.663. The second-order valence-corrected chi connectivity index (χ2v) is 4.09. The van der Waals surface area contributed by atoms with Crippen molar-refractivity contribution in [2.24, 2.45) is 0 Å². The number of benzene rings is 1. The van der Waals surface area contributed by atoms with Gasteiger partial charge in [0.1, 0.15) is 0 Å². The third-order valence-corrected chi connectivity index (χ3v) is 2.79. The molecule has 0 radical (unpaired) electrons. The first-order valence-corrected chi connectivity index (χ1v) is 5.13. The summed E-state index contributed by atoms with van der Waals surface area (Å²) in [5, 5.41) is 8.70. The molecule has 74 valence electrons. The molecule has 3 heteroatoms. The molecule has 0 aromatic heterocycles. The number of carboxylic acids is 1. The molecule has 14 heavy (non-hydrogen) atoms. The van der Waals surface area contributed by atoms with Crippen molar-refractivity contribution in [2.75, 3.05) is 0 Å². The highest BCUT2D eigenvalue weighted by Gasteiger charge is 2.15. The SMILES string of the molecule is C=C(C(=O)O)C(Br)Cc1ccccc1. The number of rotatable bonds is 4. The summed E-state index contributed by atoms with van der Waals surface area (Å²) in [6.07, 6.45) is 0.645. The third-order valence-electron chi connectivity index (χ3n) is 1.91. The summed E-state index contributed by atoms with van der Waals surface area (Å²) in [5.74, 6) is -0.956. The number of alkyl halides is 1. The van der Waals surface area contributed by atoms with E-state index in [-0.39, 0.29) is 10.4 Å². The number of halogens is 1. The number of aliphatic carboxylic acids is 1. The van der Waals surface area contributed by atoms with E-state index in [4.69, 9.17) is 5.11 Å². The average molecular weight is 255 g/mol. The van der Waals surface area contributed by atoms with E-state index in [1.807, 2.05) is 30.3 Å². The van der Waals surface area contributed by atoms with Crippen molar-refractivity contribution in [3.05, 3.63) is 48.0 Å². The largest absolute Gasteiger partial charge is 0.478 e. The van der Waals surface area contributed by atoms with E-state index in [1.165, 1.54) is 0 Å². The molecule has 0 amide bonds. The number of carbonyl (C=O) groups is 1. The zero-order chi connectivity index (χ0) is 10.6. The van der Waals surface area contributed by atoms with Gasteiger partial charge >= 0.3 is 5.97 Å². The summed E-state index contributed by atoms with van der Waals surface area (Å²) >= 11 is 3.30. The summed E-state index contributed by atoms with van der Waals surface area (Å²) < 4.78 is 0. The minimum Gasteiger partial charge on any atom is -0.478 e. The first kappa shape index (κ1) is 11.0. The lowest BCUT2D eigenvalue weighted by atomic mass is 10.1. The summed E-state index contributed by atoms with van der Waals surface area (Å²) in [7, 11) is 0. The maximum Gasteiger partial charge on any atom is 0.332 e. The van der Waals surface area contributed by atoms with Crippen LogP contribution in [-0.4, -0.2) is 15.9 Å². The van der Waals surface area contributed by atoms with E-state index in [9.17, 15) is 4.79 Å². The molecule has 1 rings (SSSR count). The molecule has 1 unspecified atom stereocenters. The Morgan fingerprint density at radius 1 is 1.43 bits per heavy atom. The molecule has 1 atom stereocenters. The normalized spacial score (nSPS) is 12.1. The molecule has 0 spiro atoms. The first-order valence-electron chi connectivity index (χ1n) is 4.21. The highest BCUT2D eigenvalue weighted by atomic mass is 79.9. The Morgan fingerprint density at radius 2 is 2.00 bits per heavy atom. The number of carboxylic acid groups (broad SMARTS) is 1.